The van der Waals surface area contributed by atoms with Gasteiger partial charge in [-0.2, -0.15) is 0 Å². The van der Waals surface area contributed by atoms with Gasteiger partial charge in [0, 0.05) is 18.2 Å². The van der Waals surface area contributed by atoms with E-state index >= 15 is 0 Å². The van der Waals surface area contributed by atoms with E-state index in [1.54, 1.807) is 6.92 Å². The monoisotopic (exact) mass is 281 g/mol. The normalized spacial score (nSPS) is 11.8. The highest BCUT2D eigenvalue weighted by molar-refractivity contribution is 5.96. The highest BCUT2D eigenvalue weighted by atomic mass is 16.6. The summed E-state index contributed by atoms with van der Waals surface area (Å²) in [6, 6.07) is 1.99. The van der Waals surface area contributed by atoms with Gasteiger partial charge < -0.3 is 5.32 Å². The fourth-order valence-electron chi connectivity index (χ4n) is 1.60. The predicted molar refractivity (Wildman–Crippen MR) is 71.7 cm³/mol. The van der Waals surface area contributed by atoms with Gasteiger partial charge in [-0.3, -0.25) is 25.0 Å². The topological polar surface area (TPSA) is 115 Å². The molecule has 0 aromatic heterocycles. The van der Waals surface area contributed by atoms with Gasteiger partial charge in [-0.05, 0) is 20.3 Å². The highest BCUT2D eigenvalue weighted by Crippen LogP contribution is 2.29. The molecule has 0 bridgehead atoms. The van der Waals surface area contributed by atoms with Crippen molar-refractivity contribution in [2.24, 2.45) is 0 Å². The summed E-state index contributed by atoms with van der Waals surface area (Å²) >= 11 is 0. The summed E-state index contributed by atoms with van der Waals surface area (Å²) in [6.45, 7) is 4.92. The number of nitrogens with one attached hydrogen (secondary N) is 1. The molecule has 1 rings (SSSR count). The Labute approximate surface area is 115 Å². The molecule has 1 amide bonds. The molecule has 1 aromatic rings. The molecule has 20 heavy (non-hydrogen) atoms. The molecule has 8 heteroatoms. The summed E-state index contributed by atoms with van der Waals surface area (Å²) < 4.78 is 0. The molecule has 1 atom stereocenters. The molecular weight excluding hydrogens is 266 g/mol. The Morgan fingerprint density at radius 2 is 1.70 bits per heavy atom. The smallest absolute Gasteiger partial charge is 0.279 e. The number of nitro benzene ring substituents is 2. The molecule has 0 radical (unpaired) electrons. The predicted octanol–water partition coefficient (Wildman–Crippen LogP) is 2.34. The Kier molecular flexibility index (Phi) is 4.73. The number of carbonyl (C=O) groups excluding carboxylic acids is 1. The molecule has 0 aliphatic carbocycles. The number of hydrogen-bond donors (Lipinski definition) is 1. The van der Waals surface area contributed by atoms with Crippen LogP contribution in [-0.2, 0) is 0 Å². The second kappa shape index (κ2) is 6.09. The van der Waals surface area contributed by atoms with Crippen LogP contribution in [0.4, 0.5) is 11.4 Å². The number of hydrogen-bond acceptors (Lipinski definition) is 5. The standard InChI is InChI=1S/C12H15N3O5/c1-4-7(2)13-12(16)9-5-10(14(17)18)8(3)11(6-9)15(19)20/h5-7H,4H2,1-3H3,(H,13,16). The van der Waals surface area contributed by atoms with Crippen molar-refractivity contribution in [1.29, 1.82) is 0 Å². The first kappa shape index (κ1) is 15.5. The molecule has 108 valence electrons. The van der Waals surface area contributed by atoms with Crippen LogP contribution >= 0.6 is 0 Å². The lowest BCUT2D eigenvalue weighted by molar-refractivity contribution is -0.395. The zero-order valence-corrected chi connectivity index (χ0v) is 11.4. The van der Waals surface area contributed by atoms with Gasteiger partial charge in [0.15, 0.2) is 0 Å². The highest BCUT2D eigenvalue weighted by Gasteiger charge is 2.25. The van der Waals surface area contributed by atoms with Gasteiger partial charge in [0.25, 0.3) is 17.3 Å². The van der Waals surface area contributed by atoms with Crippen molar-refractivity contribution in [3.05, 3.63) is 43.5 Å². The fourth-order valence-corrected chi connectivity index (χ4v) is 1.60. The second-order valence-corrected chi connectivity index (χ2v) is 4.44. The van der Waals surface area contributed by atoms with Gasteiger partial charge >= 0.3 is 0 Å². The van der Waals surface area contributed by atoms with Crippen molar-refractivity contribution in [2.45, 2.75) is 33.2 Å². The molecule has 1 unspecified atom stereocenters. The van der Waals surface area contributed by atoms with Crippen molar-refractivity contribution in [2.75, 3.05) is 0 Å². The first-order valence-electron chi connectivity index (χ1n) is 6.02. The van der Waals surface area contributed by atoms with Crippen molar-refractivity contribution >= 4 is 17.3 Å². The molecule has 0 saturated heterocycles. The molecule has 0 fully saturated rings. The molecule has 1 aromatic carbocycles. The van der Waals surface area contributed by atoms with Crippen LogP contribution in [-0.4, -0.2) is 21.8 Å². The van der Waals surface area contributed by atoms with Gasteiger partial charge in [0.1, 0.15) is 5.56 Å². The quantitative estimate of drug-likeness (QED) is 0.656. The summed E-state index contributed by atoms with van der Waals surface area (Å²) in [6.07, 6.45) is 0.682. The summed E-state index contributed by atoms with van der Waals surface area (Å²) in [4.78, 5) is 32.3. The molecule has 8 nitrogen and oxygen atoms in total. The van der Waals surface area contributed by atoms with Gasteiger partial charge in [-0.25, -0.2) is 0 Å². The number of benzene rings is 1. The summed E-state index contributed by atoms with van der Waals surface area (Å²) in [5, 5.41) is 24.4. The number of nitrogens with zero attached hydrogens (tertiary/aromatic N) is 2. The van der Waals surface area contributed by atoms with E-state index in [-0.39, 0.29) is 17.2 Å². The van der Waals surface area contributed by atoms with Crippen LogP contribution < -0.4 is 5.32 Å². The van der Waals surface area contributed by atoms with Gasteiger partial charge in [0.2, 0.25) is 0 Å². The third-order valence-corrected chi connectivity index (χ3v) is 3.00. The Balaban J connectivity index is 3.31. The SMILES string of the molecule is CCC(C)NC(=O)c1cc([N+](=O)[O-])c(C)c([N+](=O)[O-])c1. The average Bonchev–Trinajstić information content (AvgIpc) is 2.37. The minimum atomic E-state index is -0.734. The van der Waals surface area contributed by atoms with E-state index in [1.807, 2.05) is 6.92 Å². The molecule has 0 heterocycles. The van der Waals surface area contributed by atoms with Crippen LogP contribution in [0.15, 0.2) is 12.1 Å². The summed E-state index contributed by atoms with van der Waals surface area (Å²) in [5.74, 6) is -0.564. The Hall–Kier alpha value is -2.51. The van der Waals surface area contributed by atoms with Gasteiger partial charge in [-0.15, -0.1) is 0 Å². The lowest BCUT2D eigenvalue weighted by atomic mass is 10.1. The number of nitro groups is 2. The van der Waals surface area contributed by atoms with Crippen molar-refractivity contribution < 1.29 is 14.6 Å². The largest absolute Gasteiger partial charge is 0.350 e. The van der Waals surface area contributed by atoms with E-state index in [2.05, 4.69) is 5.32 Å². The van der Waals surface area contributed by atoms with Crippen molar-refractivity contribution in [3.63, 3.8) is 0 Å². The van der Waals surface area contributed by atoms with Crippen LogP contribution in [0.5, 0.6) is 0 Å². The maximum atomic E-state index is 11.9. The fraction of sp³-hybridized carbons (Fsp3) is 0.417. The number of carbonyl (C=O) groups is 1. The first-order valence-corrected chi connectivity index (χ1v) is 6.02. The summed E-state index contributed by atoms with van der Waals surface area (Å²) in [7, 11) is 0. The van der Waals surface area contributed by atoms with Crippen LogP contribution in [0.25, 0.3) is 0 Å². The molecular formula is C12H15N3O5. The minimum Gasteiger partial charge on any atom is -0.350 e. The molecule has 1 N–H and O–H groups in total. The van der Waals surface area contributed by atoms with Crippen molar-refractivity contribution in [1.82, 2.24) is 5.32 Å². The zero-order chi connectivity index (χ0) is 15.4. The van der Waals surface area contributed by atoms with E-state index in [0.717, 1.165) is 12.1 Å². The van der Waals surface area contributed by atoms with Gasteiger partial charge in [0.05, 0.1) is 15.4 Å². The molecule has 0 saturated carbocycles. The Morgan fingerprint density at radius 1 is 1.25 bits per heavy atom. The van der Waals surface area contributed by atoms with Crippen LogP contribution in [0, 0.1) is 27.2 Å². The third kappa shape index (κ3) is 3.28. The third-order valence-electron chi connectivity index (χ3n) is 3.00. The van der Waals surface area contributed by atoms with E-state index in [0.29, 0.717) is 6.42 Å². The maximum absolute atomic E-state index is 11.9. The second-order valence-electron chi connectivity index (χ2n) is 4.44. The molecule has 0 spiro atoms. The van der Waals surface area contributed by atoms with E-state index < -0.39 is 27.1 Å². The molecule has 0 aliphatic rings. The van der Waals surface area contributed by atoms with Crippen LogP contribution in [0.1, 0.15) is 36.2 Å². The van der Waals surface area contributed by atoms with Crippen LogP contribution in [0.3, 0.4) is 0 Å². The van der Waals surface area contributed by atoms with E-state index in [4.69, 9.17) is 0 Å². The molecule has 0 aliphatic heterocycles. The van der Waals surface area contributed by atoms with Gasteiger partial charge in [-0.1, -0.05) is 6.92 Å². The van der Waals surface area contributed by atoms with E-state index in [1.165, 1.54) is 6.92 Å². The number of rotatable bonds is 5. The number of amides is 1. The lowest BCUT2D eigenvalue weighted by Crippen LogP contribution is -2.32. The summed E-state index contributed by atoms with van der Waals surface area (Å²) in [5.41, 5.74) is -1.03. The van der Waals surface area contributed by atoms with E-state index in [9.17, 15) is 25.0 Å². The maximum Gasteiger partial charge on any atom is 0.279 e. The Bertz CT molecular complexity index is 535. The van der Waals surface area contributed by atoms with Crippen molar-refractivity contribution in [3.8, 4) is 0 Å². The van der Waals surface area contributed by atoms with Crippen LogP contribution in [0.2, 0.25) is 0 Å². The average molecular weight is 281 g/mol. The zero-order valence-electron chi connectivity index (χ0n) is 11.4. The lowest BCUT2D eigenvalue weighted by Gasteiger charge is -2.11. The first-order chi connectivity index (χ1) is 9.27. The Morgan fingerprint density at radius 3 is 2.05 bits per heavy atom. The minimum absolute atomic E-state index is 0.0694.